The molecule has 49 heavy (non-hydrogen) atoms. The lowest BCUT2D eigenvalue weighted by Gasteiger charge is -2.17. The monoisotopic (exact) mass is 695 g/mol. The first-order valence-electron chi connectivity index (χ1n) is 15.9. The van der Waals surface area contributed by atoms with Gasteiger partial charge >= 0.3 is 18.6 Å². The van der Waals surface area contributed by atoms with Gasteiger partial charge in [-0.25, -0.2) is 0 Å². The molecular formula is C37H39F2NO8S. The lowest BCUT2D eigenvalue weighted by molar-refractivity contribution is -0.144. The summed E-state index contributed by atoms with van der Waals surface area (Å²) in [5.74, 6) is -0.0853. The van der Waals surface area contributed by atoms with Gasteiger partial charge in [-0.3, -0.25) is 14.4 Å². The minimum Gasteiger partial charge on any atom is -0.493 e. The van der Waals surface area contributed by atoms with E-state index in [1.54, 1.807) is 50.2 Å². The number of hydrogen-bond donors (Lipinski definition) is 1. The van der Waals surface area contributed by atoms with E-state index < -0.39 is 12.5 Å². The van der Waals surface area contributed by atoms with E-state index in [0.29, 0.717) is 42.1 Å². The standard InChI is InChI=1S/C37H39F2NO8S/c1-3-44-34(41)13-8-17-46-33-12-7-10-26(31(33)14-15-35(42)45-4-2)23-47-30-20-28(27-16-18-49-24-27)19-29(21-30)36(43)40-22-25-9-5-6-11-32(25)48-37(38)39/h5-7,9-12,16,18-21,24,37H,3-4,8,13-15,17,22-23H2,1-2H3,(H,40,43). The molecule has 1 heterocycles. The number of rotatable bonds is 19. The number of carbonyl (C=O) groups is 3. The van der Waals surface area contributed by atoms with Gasteiger partial charge in [0.1, 0.15) is 23.9 Å². The summed E-state index contributed by atoms with van der Waals surface area (Å²) in [6.45, 7) is 1.44. The van der Waals surface area contributed by atoms with Crippen LogP contribution in [0.1, 0.15) is 60.2 Å². The lowest BCUT2D eigenvalue weighted by atomic mass is 10.0. The van der Waals surface area contributed by atoms with Crippen molar-refractivity contribution in [3.05, 3.63) is 99.7 Å². The highest BCUT2D eigenvalue weighted by molar-refractivity contribution is 7.08. The highest BCUT2D eigenvalue weighted by atomic mass is 32.1. The van der Waals surface area contributed by atoms with Gasteiger partial charge in [0.25, 0.3) is 5.91 Å². The number of ether oxygens (including phenoxy) is 5. The predicted octanol–water partition coefficient (Wildman–Crippen LogP) is 7.74. The van der Waals surface area contributed by atoms with E-state index >= 15 is 0 Å². The van der Waals surface area contributed by atoms with Crippen LogP contribution in [0.25, 0.3) is 11.1 Å². The zero-order chi connectivity index (χ0) is 35.0. The predicted molar refractivity (Wildman–Crippen MR) is 181 cm³/mol. The van der Waals surface area contributed by atoms with Gasteiger partial charge in [0.15, 0.2) is 0 Å². The Morgan fingerprint density at radius 3 is 2.29 bits per heavy atom. The summed E-state index contributed by atoms with van der Waals surface area (Å²) < 4.78 is 52.8. The van der Waals surface area contributed by atoms with Crippen molar-refractivity contribution >= 4 is 29.2 Å². The minimum absolute atomic E-state index is 0.0159. The average Bonchev–Trinajstić information content (AvgIpc) is 3.63. The van der Waals surface area contributed by atoms with Crippen LogP contribution < -0.4 is 19.5 Å². The maximum Gasteiger partial charge on any atom is 0.387 e. The topological polar surface area (TPSA) is 109 Å². The molecule has 0 saturated heterocycles. The maximum absolute atomic E-state index is 13.4. The summed E-state index contributed by atoms with van der Waals surface area (Å²) in [6.07, 6.45) is 1.15. The Morgan fingerprint density at radius 1 is 0.816 bits per heavy atom. The van der Waals surface area contributed by atoms with Gasteiger partial charge in [0.05, 0.1) is 19.8 Å². The number of para-hydroxylation sites is 1. The summed E-state index contributed by atoms with van der Waals surface area (Å²) >= 11 is 1.51. The molecule has 0 fully saturated rings. The normalized spacial score (nSPS) is 10.8. The molecule has 0 radical (unpaired) electrons. The van der Waals surface area contributed by atoms with Gasteiger partial charge in [0.2, 0.25) is 0 Å². The number of esters is 2. The highest BCUT2D eigenvalue weighted by Crippen LogP contribution is 2.31. The minimum atomic E-state index is -2.99. The van der Waals surface area contributed by atoms with E-state index in [1.807, 2.05) is 35.0 Å². The molecule has 9 nitrogen and oxygen atoms in total. The zero-order valence-electron chi connectivity index (χ0n) is 27.4. The molecule has 0 bridgehead atoms. The van der Waals surface area contributed by atoms with Gasteiger partial charge < -0.3 is 29.0 Å². The number of benzene rings is 3. The Kier molecular flexibility index (Phi) is 14.4. The van der Waals surface area contributed by atoms with E-state index in [0.717, 1.165) is 22.3 Å². The van der Waals surface area contributed by atoms with Crippen molar-refractivity contribution < 1.29 is 46.8 Å². The van der Waals surface area contributed by atoms with Crippen molar-refractivity contribution in [1.82, 2.24) is 5.32 Å². The molecule has 0 aliphatic heterocycles. The largest absolute Gasteiger partial charge is 0.493 e. The van der Waals surface area contributed by atoms with Gasteiger partial charge in [-0.05, 0) is 90.5 Å². The quantitative estimate of drug-likeness (QED) is 0.0784. The summed E-state index contributed by atoms with van der Waals surface area (Å²) in [7, 11) is 0. The molecule has 3 aromatic carbocycles. The molecule has 1 aromatic heterocycles. The van der Waals surface area contributed by atoms with Crippen molar-refractivity contribution in [3.63, 3.8) is 0 Å². The molecule has 0 atom stereocenters. The Labute approximate surface area is 288 Å². The maximum atomic E-state index is 13.4. The SMILES string of the molecule is CCOC(=O)CCCOc1cccc(COc2cc(C(=O)NCc3ccccc3OC(F)F)cc(-c3ccsc3)c2)c1CCC(=O)OCC. The van der Waals surface area contributed by atoms with Gasteiger partial charge in [0, 0.05) is 36.1 Å². The third-order valence-corrected chi connectivity index (χ3v) is 7.93. The summed E-state index contributed by atoms with van der Waals surface area (Å²) in [5.41, 5.74) is 3.91. The Balaban J connectivity index is 1.54. The summed E-state index contributed by atoms with van der Waals surface area (Å²) in [6, 6.07) is 18.9. The summed E-state index contributed by atoms with van der Waals surface area (Å²) in [5, 5.41) is 6.67. The highest BCUT2D eigenvalue weighted by Gasteiger charge is 2.17. The Bertz CT molecular complexity index is 1680. The van der Waals surface area contributed by atoms with Crippen LogP contribution in [0.5, 0.6) is 17.2 Å². The number of hydrogen-bond acceptors (Lipinski definition) is 9. The molecule has 4 aromatic rings. The molecule has 12 heteroatoms. The van der Waals surface area contributed by atoms with Crippen molar-refractivity contribution in [2.45, 2.75) is 59.3 Å². The molecule has 4 rings (SSSR count). The van der Waals surface area contributed by atoms with E-state index in [9.17, 15) is 23.2 Å². The first-order valence-corrected chi connectivity index (χ1v) is 16.9. The third-order valence-electron chi connectivity index (χ3n) is 7.25. The smallest absolute Gasteiger partial charge is 0.387 e. The number of thiophene rings is 1. The lowest BCUT2D eigenvalue weighted by Crippen LogP contribution is -2.23. The fraction of sp³-hybridized carbons (Fsp3) is 0.324. The van der Waals surface area contributed by atoms with Crippen molar-refractivity contribution in [1.29, 1.82) is 0 Å². The third kappa shape index (κ3) is 11.6. The first kappa shape index (κ1) is 36.9. The zero-order valence-corrected chi connectivity index (χ0v) is 28.2. The summed E-state index contributed by atoms with van der Waals surface area (Å²) in [4.78, 5) is 37.4. The first-order chi connectivity index (χ1) is 23.8. The fourth-order valence-corrected chi connectivity index (χ4v) is 5.63. The fourth-order valence-electron chi connectivity index (χ4n) is 4.97. The molecule has 0 aliphatic carbocycles. The Morgan fingerprint density at radius 2 is 1.55 bits per heavy atom. The molecule has 0 spiro atoms. The molecule has 0 unspecified atom stereocenters. The number of halogens is 2. The average molecular weight is 696 g/mol. The van der Waals surface area contributed by atoms with E-state index in [2.05, 4.69) is 10.1 Å². The molecule has 260 valence electrons. The van der Waals surface area contributed by atoms with Crippen LogP contribution in [0.15, 0.2) is 77.5 Å². The van der Waals surface area contributed by atoms with E-state index in [4.69, 9.17) is 18.9 Å². The van der Waals surface area contributed by atoms with Gasteiger partial charge in [-0.2, -0.15) is 20.1 Å². The second kappa shape index (κ2) is 19.1. The van der Waals surface area contributed by atoms with Crippen LogP contribution in [0, 0.1) is 0 Å². The van der Waals surface area contributed by atoms with E-state index in [1.165, 1.54) is 17.4 Å². The number of amides is 1. The van der Waals surface area contributed by atoms with E-state index in [-0.39, 0.29) is 56.9 Å². The van der Waals surface area contributed by atoms with Gasteiger partial charge in [-0.1, -0.05) is 30.3 Å². The number of nitrogens with one attached hydrogen (secondary N) is 1. The molecular weight excluding hydrogens is 656 g/mol. The number of carbonyl (C=O) groups excluding carboxylic acids is 3. The van der Waals surface area contributed by atoms with Gasteiger partial charge in [-0.15, -0.1) is 0 Å². The van der Waals surface area contributed by atoms with Crippen molar-refractivity contribution in [2.75, 3.05) is 19.8 Å². The molecule has 1 N–H and O–H groups in total. The van der Waals surface area contributed by atoms with Crippen molar-refractivity contribution in [3.8, 4) is 28.4 Å². The molecule has 1 amide bonds. The van der Waals surface area contributed by atoms with Crippen LogP contribution in [0.2, 0.25) is 0 Å². The Hall–Kier alpha value is -4.97. The van der Waals surface area contributed by atoms with Crippen molar-refractivity contribution in [2.24, 2.45) is 0 Å². The van der Waals surface area contributed by atoms with Crippen LogP contribution in [0.4, 0.5) is 8.78 Å². The van der Waals surface area contributed by atoms with Crippen LogP contribution in [0.3, 0.4) is 0 Å². The van der Waals surface area contributed by atoms with Crippen LogP contribution in [-0.4, -0.2) is 44.3 Å². The van der Waals surface area contributed by atoms with Crippen LogP contribution in [-0.2, 0) is 38.6 Å². The molecule has 0 saturated carbocycles. The molecule has 0 aliphatic rings. The second-order valence-corrected chi connectivity index (χ2v) is 11.5. The van der Waals surface area contributed by atoms with Crippen LogP contribution >= 0.6 is 11.3 Å². The second-order valence-electron chi connectivity index (χ2n) is 10.7. The number of alkyl halides is 2.